The minimum absolute atomic E-state index is 0.0579. The number of amides is 6. The van der Waals surface area contributed by atoms with E-state index in [0.717, 1.165) is 116 Å². The summed E-state index contributed by atoms with van der Waals surface area (Å²) < 4.78 is 0. The van der Waals surface area contributed by atoms with Crippen molar-refractivity contribution in [1.82, 2.24) is 64.2 Å². The van der Waals surface area contributed by atoms with Gasteiger partial charge in [-0.2, -0.15) is 0 Å². The molecule has 19 heteroatoms. The third-order valence-electron chi connectivity index (χ3n) is 20.1. The second-order valence-corrected chi connectivity index (χ2v) is 35.4. The van der Waals surface area contributed by atoms with Crippen molar-refractivity contribution in [2.45, 2.75) is 299 Å². The van der Waals surface area contributed by atoms with Gasteiger partial charge in [-0.05, 0) is 247 Å². The Kier molecular flexibility index (Phi) is 50.8. The first-order valence-corrected chi connectivity index (χ1v) is 41.9. The predicted molar refractivity (Wildman–Crippen MR) is 443 cm³/mol. The number of rotatable bonds is 31. The van der Waals surface area contributed by atoms with E-state index < -0.39 is 0 Å². The van der Waals surface area contributed by atoms with Crippen LogP contribution in [0.2, 0.25) is 0 Å². The molecule has 2 atom stereocenters. The number of likely N-dealkylation sites (N-methyl/N-ethyl adjacent to an activating group) is 1. The molecule has 105 heavy (non-hydrogen) atoms. The largest absolute Gasteiger partial charge is 0.340 e. The Morgan fingerprint density at radius 3 is 1.37 bits per heavy atom. The number of likely N-dealkylation sites (tertiary alicyclic amines) is 3. The van der Waals surface area contributed by atoms with Gasteiger partial charge in [-0.25, -0.2) is 0 Å². The molecule has 1 aromatic rings. The molecule has 0 spiro atoms. The maximum absolute atomic E-state index is 12.4. The Morgan fingerprint density at radius 2 is 0.952 bits per heavy atom. The van der Waals surface area contributed by atoms with Crippen molar-refractivity contribution in [3.63, 3.8) is 0 Å². The Labute approximate surface area is 645 Å². The molecule has 1 aromatic heterocycles. The SMILES string of the molecule is CC(C)CN(C(=O)/C=C/c1cccnc1)C(C)C.CC(C)CN(C(=O)CC1CCCN1)C(C)C.CC(C)CN(C(=O)CCN1CCCCC1)C(C)C.CC(C)CN(C(=O)CN1CCC(C)CC1)C(C)C.CC(C)CN(C(=O)CN1CCCC1C)C(C)C.CC(C)CN(CC(=O)N1CCN(C)CC1)C(C)C. The Morgan fingerprint density at radius 1 is 0.486 bits per heavy atom. The highest BCUT2D eigenvalue weighted by molar-refractivity contribution is 5.92. The lowest BCUT2D eigenvalue weighted by Gasteiger charge is -2.35. The van der Waals surface area contributed by atoms with Gasteiger partial charge in [-0.15, -0.1) is 0 Å². The number of hydrogen-bond acceptors (Lipinski definition) is 13. The molecule has 0 bridgehead atoms. The summed E-state index contributed by atoms with van der Waals surface area (Å²) in [6.45, 7) is 74.2. The van der Waals surface area contributed by atoms with Crippen LogP contribution in [0.5, 0.6) is 0 Å². The number of pyridine rings is 1. The maximum Gasteiger partial charge on any atom is 0.246 e. The van der Waals surface area contributed by atoms with Crippen LogP contribution in [0, 0.1) is 41.4 Å². The van der Waals surface area contributed by atoms with Crippen LogP contribution in [0.3, 0.4) is 0 Å². The van der Waals surface area contributed by atoms with Crippen LogP contribution >= 0.6 is 0 Å². The summed E-state index contributed by atoms with van der Waals surface area (Å²) in [5.74, 6) is 5.65. The lowest BCUT2D eigenvalue weighted by Crippen LogP contribution is -2.51. The highest BCUT2D eigenvalue weighted by Gasteiger charge is 2.29. The summed E-state index contributed by atoms with van der Waals surface area (Å²) in [5, 5.41) is 3.39. The zero-order valence-electron chi connectivity index (χ0n) is 72.9. The molecular weight excluding hydrogens is 1310 g/mol. The van der Waals surface area contributed by atoms with E-state index in [1.54, 1.807) is 18.5 Å². The quantitative estimate of drug-likeness (QED) is 0.0700. The summed E-state index contributed by atoms with van der Waals surface area (Å²) >= 11 is 0. The van der Waals surface area contributed by atoms with Crippen molar-refractivity contribution in [3.8, 4) is 0 Å². The Balaban J connectivity index is 0.000000630. The van der Waals surface area contributed by atoms with Crippen LogP contribution in [0.4, 0.5) is 0 Å². The van der Waals surface area contributed by atoms with Gasteiger partial charge in [0.2, 0.25) is 35.4 Å². The van der Waals surface area contributed by atoms with Crippen LogP contribution < -0.4 is 5.32 Å². The fraction of sp³-hybridized carbons (Fsp3) is 0.849. The van der Waals surface area contributed by atoms with Gasteiger partial charge in [-0.3, -0.25) is 48.5 Å². The molecule has 5 aliphatic rings. The molecule has 0 aliphatic carbocycles. The van der Waals surface area contributed by atoms with E-state index in [9.17, 15) is 28.8 Å². The first-order chi connectivity index (χ1) is 49.2. The molecule has 2 unspecified atom stereocenters. The molecule has 610 valence electrons. The van der Waals surface area contributed by atoms with Gasteiger partial charge in [0.25, 0.3) is 0 Å². The molecule has 0 aromatic carbocycles. The van der Waals surface area contributed by atoms with Crippen LogP contribution in [0.25, 0.3) is 6.08 Å². The monoisotopic (exact) mass is 1480 g/mol. The molecule has 5 aliphatic heterocycles. The number of hydrogen-bond donors (Lipinski definition) is 1. The van der Waals surface area contributed by atoms with Gasteiger partial charge >= 0.3 is 0 Å². The summed E-state index contributed by atoms with van der Waals surface area (Å²) in [6.07, 6.45) is 19.5. The van der Waals surface area contributed by atoms with Gasteiger partial charge in [0.1, 0.15) is 0 Å². The van der Waals surface area contributed by atoms with E-state index in [-0.39, 0.29) is 17.9 Å². The van der Waals surface area contributed by atoms with Crippen molar-refractivity contribution in [2.24, 2.45) is 41.4 Å². The summed E-state index contributed by atoms with van der Waals surface area (Å²) in [5.41, 5.74) is 0.944. The molecule has 6 rings (SSSR count). The average molecular weight is 1480 g/mol. The van der Waals surface area contributed by atoms with Gasteiger partial charge in [0, 0.05) is 152 Å². The number of carbonyl (C=O) groups is 6. The number of piperidine rings is 2. The maximum atomic E-state index is 12.4. The van der Waals surface area contributed by atoms with Gasteiger partial charge in [0.15, 0.2) is 0 Å². The van der Waals surface area contributed by atoms with Crippen molar-refractivity contribution >= 4 is 41.5 Å². The second-order valence-electron chi connectivity index (χ2n) is 35.4. The van der Waals surface area contributed by atoms with Crippen molar-refractivity contribution in [1.29, 1.82) is 0 Å². The fourth-order valence-corrected chi connectivity index (χ4v) is 13.8. The number of piperazine rings is 1. The number of aromatic nitrogens is 1. The second kappa shape index (κ2) is 54.1. The van der Waals surface area contributed by atoms with E-state index in [0.29, 0.717) is 134 Å². The topological polar surface area (TPSA) is 163 Å². The van der Waals surface area contributed by atoms with E-state index in [1.165, 1.54) is 64.5 Å². The van der Waals surface area contributed by atoms with E-state index in [2.05, 4.69) is 208 Å². The van der Waals surface area contributed by atoms with Crippen LogP contribution in [0.15, 0.2) is 30.6 Å². The molecule has 1 N–H and O–H groups in total. The standard InChI is InChI=1S/C15H30N2O.C15H22N2O.C15H30N2O.C14H29N3O.C14H28N2O.C13H26N2O/c1-12(2)10-17(13(3)4)15(18)11-16-8-6-14(5)7-9-16;1-12(2)11-17(13(3)4)15(18)8-7-14-6-5-9-16-10-14;1-13(2)12-17(14(3)4)15(18)8-11-16-9-6-5-7-10-16;1-12(2)10-17(13(3)4)11-14(18)16-8-6-15(5)7-9-16;1-11(2)9-16(12(3)4)14(17)10-15-8-6-7-13(15)5;1-10(2)9-15(11(3)4)13(16)8-12-6-5-7-14-12/h12-14H,6-11H2,1-5H3;5-10,12-13H,11H2,1-4H3;13-14H,5-12H2,1-4H3;12-13H,6-11H2,1-5H3;11-13H,6-10H2,1-5H3;10-12,14H,5-9H2,1-4H3/b;8-7+;;;;. The lowest BCUT2D eigenvalue weighted by molar-refractivity contribution is -0.135. The van der Waals surface area contributed by atoms with Crippen LogP contribution in [-0.2, 0) is 28.8 Å². The Hall–Kier alpha value is -4.53. The molecule has 0 saturated carbocycles. The third kappa shape index (κ3) is 44.0. The minimum atomic E-state index is 0.0579. The zero-order valence-corrected chi connectivity index (χ0v) is 72.9. The van der Waals surface area contributed by atoms with E-state index >= 15 is 0 Å². The number of nitrogens with zero attached hydrogens (tertiary/aromatic N) is 12. The van der Waals surface area contributed by atoms with Crippen molar-refractivity contribution in [3.05, 3.63) is 36.2 Å². The first-order valence-electron chi connectivity index (χ1n) is 41.9. The molecule has 5 saturated heterocycles. The summed E-state index contributed by atoms with van der Waals surface area (Å²) in [4.78, 5) is 101. The molecule has 6 amide bonds. The molecule has 5 fully saturated rings. The van der Waals surface area contributed by atoms with Crippen molar-refractivity contribution in [2.75, 3.05) is 138 Å². The highest BCUT2D eigenvalue weighted by atomic mass is 16.2. The van der Waals surface area contributed by atoms with Crippen LogP contribution in [0.1, 0.15) is 256 Å². The average Bonchev–Trinajstić information content (AvgIpc) is 1.65. The van der Waals surface area contributed by atoms with Gasteiger partial charge in [-0.1, -0.05) is 102 Å². The number of nitrogens with one attached hydrogen (secondary N) is 1. The van der Waals surface area contributed by atoms with E-state index in [1.807, 2.05) is 61.5 Å². The van der Waals surface area contributed by atoms with Gasteiger partial charge in [0.05, 0.1) is 19.6 Å². The van der Waals surface area contributed by atoms with E-state index in [4.69, 9.17) is 0 Å². The highest BCUT2D eigenvalue weighted by Crippen LogP contribution is 2.20. The van der Waals surface area contributed by atoms with Crippen LogP contribution in [-0.4, -0.2) is 281 Å². The number of carbonyl (C=O) groups excluding carboxylic acids is 6. The molecular formula is C86H165N13O6. The third-order valence-corrected chi connectivity index (χ3v) is 20.1. The first kappa shape index (κ1) is 98.5. The summed E-state index contributed by atoms with van der Waals surface area (Å²) in [6, 6.07) is 6.69. The molecule has 6 heterocycles. The normalized spacial score (nSPS) is 17.9. The molecule has 0 radical (unpaired) electrons. The summed E-state index contributed by atoms with van der Waals surface area (Å²) in [7, 11) is 2.11. The Bertz CT molecular complexity index is 2490. The van der Waals surface area contributed by atoms with Crippen molar-refractivity contribution < 1.29 is 28.8 Å². The predicted octanol–water partition coefficient (Wildman–Crippen LogP) is 13.9. The van der Waals surface area contributed by atoms with Gasteiger partial charge < -0.3 is 44.5 Å². The smallest absolute Gasteiger partial charge is 0.246 e. The minimum Gasteiger partial charge on any atom is -0.340 e. The molecule has 19 nitrogen and oxygen atoms in total. The fourth-order valence-electron chi connectivity index (χ4n) is 13.8. The lowest BCUT2D eigenvalue weighted by atomic mass is 9.99. The zero-order chi connectivity index (χ0) is 79.6.